The van der Waals surface area contributed by atoms with Gasteiger partial charge in [0.25, 0.3) is 11.2 Å². The number of nitro benzene ring substituents is 1. The van der Waals surface area contributed by atoms with Crippen LogP contribution in [0.2, 0.25) is 5.02 Å². The van der Waals surface area contributed by atoms with E-state index in [4.69, 9.17) is 16.0 Å². The Kier molecular flexibility index (Phi) is 3.26. The predicted octanol–water partition coefficient (Wildman–Crippen LogP) is 2.51. The molecule has 0 aliphatic heterocycles. The lowest BCUT2D eigenvalue weighted by Gasteiger charge is -2.05. The van der Waals surface area contributed by atoms with Crippen molar-refractivity contribution < 1.29 is 9.34 Å². The van der Waals surface area contributed by atoms with E-state index in [1.807, 2.05) is 0 Å². The molecule has 0 saturated heterocycles. The number of nitrogens with zero attached hydrogens (tertiary/aromatic N) is 2. The van der Waals surface area contributed by atoms with Crippen molar-refractivity contribution in [2.24, 2.45) is 0 Å². The molecule has 1 heterocycles. The third-order valence-corrected chi connectivity index (χ3v) is 3.29. The van der Waals surface area contributed by atoms with Gasteiger partial charge in [-0.25, -0.2) is 9.36 Å². The quantitative estimate of drug-likeness (QED) is 0.534. The number of halogens is 1. The van der Waals surface area contributed by atoms with E-state index in [0.29, 0.717) is 5.02 Å². The molecule has 0 aliphatic rings. The van der Waals surface area contributed by atoms with Crippen LogP contribution in [0.25, 0.3) is 16.7 Å². The molecule has 0 radical (unpaired) electrons. The van der Waals surface area contributed by atoms with Crippen molar-refractivity contribution in [2.45, 2.75) is 0 Å². The van der Waals surface area contributed by atoms with Gasteiger partial charge < -0.3 is 4.42 Å². The molecular weight excluding hydrogens is 312 g/mol. The molecule has 7 nitrogen and oxygen atoms in total. The fourth-order valence-corrected chi connectivity index (χ4v) is 2.25. The molecule has 0 fully saturated rings. The third kappa shape index (κ3) is 2.27. The molecule has 8 heteroatoms. The molecule has 22 heavy (non-hydrogen) atoms. The van der Waals surface area contributed by atoms with Crippen molar-refractivity contribution >= 4 is 28.3 Å². The van der Waals surface area contributed by atoms with Crippen molar-refractivity contribution in [3.8, 4) is 5.69 Å². The molecule has 0 unspecified atom stereocenters. The Morgan fingerprint density at radius 2 is 1.91 bits per heavy atom. The fraction of sp³-hybridized carbons (Fsp3) is 0. The smallest absolute Gasteiger partial charge is 0.409 e. The number of benzene rings is 2. The number of nitro groups is 1. The monoisotopic (exact) mass is 318 g/mol. The summed E-state index contributed by atoms with van der Waals surface area (Å²) >= 11 is 5.85. The standard InChI is InChI=1S/C14H7ClN2O5/c15-8-2-1-3-9(6-8)16-13(18)11-7-10(17(20)21)4-5-12(11)22-14(16)19/h1-7H. The topological polar surface area (TPSA) is 95.3 Å². The Hall–Kier alpha value is -2.93. The predicted molar refractivity (Wildman–Crippen MR) is 79.7 cm³/mol. The summed E-state index contributed by atoms with van der Waals surface area (Å²) < 4.78 is 5.82. The Morgan fingerprint density at radius 1 is 1.14 bits per heavy atom. The number of aromatic nitrogens is 1. The van der Waals surface area contributed by atoms with Gasteiger partial charge in [0.2, 0.25) is 0 Å². The number of fused-ring (bicyclic) bond motifs is 1. The molecular formula is C14H7ClN2O5. The van der Waals surface area contributed by atoms with E-state index in [9.17, 15) is 19.7 Å². The van der Waals surface area contributed by atoms with E-state index in [2.05, 4.69) is 0 Å². The summed E-state index contributed by atoms with van der Waals surface area (Å²) in [4.78, 5) is 34.7. The summed E-state index contributed by atoms with van der Waals surface area (Å²) in [7, 11) is 0. The largest absolute Gasteiger partial charge is 0.426 e. The Morgan fingerprint density at radius 3 is 2.59 bits per heavy atom. The molecule has 0 amide bonds. The number of hydrogen-bond donors (Lipinski definition) is 0. The minimum Gasteiger partial charge on any atom is -0.409 e. The van der Waals surface area contributed by atoms with Crippen LogP contribution in [0.5, 0.6) is 0 Å². The average Bonchev–Trinajstić information content (AvgIpc) is 2.47. The molecule has 0 saturated carbocycles. The first-order valence-corrected chi connectivity index (χ1v) is 6.45. The normalized spacial score (nSPS) is 10.8. The van der Waals surface area contributed by atoms with Crippen LogP contribution in [-0.2, 0) is 0 Å². The summed E-state index contributed by atoms with van der Waals surface area (Å²) in [6.45, 7) is 0. The summed E-state index contributed by atoms with van der Waals surface area (Å²) in [5.41, 5.74) is -0.771. The van der Waals surface area contributed by atoms with Gasteiger partial charge in [-0.1, -0.05) is 17.7 Å². The van der Waals surface area contributed by atoms with Gasteiger partial charge >= 0.3 is 5.76 Å². The highest BCUT2D eigenvalue weighted by atomic mass is 35.5. The summed E-state index contributed by atoms with van der Waals surface area (Å²) in [5, 5.41) is 11.1. The van der Waals surface area contributed by atoms with Crippen molar-refractivity contribution in [3.05, 3.63) is 78.5 Å². The zero-order valence-corrected chi connectivity index (χ0v) is 11.6. The van der Waals surface area contributed by atoms with E-state index in [1.165, 1.54) is 18.2 Å². The van der Waals surface area contributed by atoms with Crippen LogP contribution in [0.3, 0.4) is 0 Å². The summed E-state index contributed by atoms with van der Waals surface area (Å²) in [6, 6.07) is 9.54. The highest BCUT2D eigenvalue weighted by molar-refractivity contribution is 6.30. The zero-order valence-electron chi connectivity index (χ0n) is 10.9. The Bertz CT molecular complexity index is 1020. The molecule has 110 valence electrons. The van der Waals surface area contributed by atoms with Gasteiger partial charge in [0.1, 0.15) is 5.58 Å². The van der Waals surface area contributed by atoms with Crippen molar-refractivity contribution in [1.82, 2.24) is 4.57 Å². The lowest BCUT2D eigenvalue weighted by Crippen LogP contribution is -2.30. The first-order valence-electron chi connectivity index (χ1n) is 6.07. The minimum absolute atomic E-state index is 0.0149. The van der Waals surface area contributed by atoms with Gasteiger partial charge in [-0.3, -0.25) is 14.9 Å². The first-order chi connectivity index (χ1) is 10.5. The molecule has 0 bridgehead atoms. The number of rotatable bonds is 2. The van der Waals surface area contributed by atoms with Crippen LogP contribution >= 0.6 is 11.6 Å². The fourth-order valence-electron chi connectivity index (χ4n) is 2.07. The minimum atomic E-state index is -0.895. The van der Waals surface area contributed by atoms with E-state index in [1.54, 1.807) is 12.1 Å². The first kappa shape index (κ1) is 14.0. The van der Waals surface area contributed by atoms with E-state index in [-0.39, 0.29) is 22.3 Å². The van der Waals surface area contributed by atoms with E-state index >= 15 is 0 Å². The zero-order chi connectivity index (χ0) is 15.9. The van der Waals surface area contributed by atoms with Crippen LogP contribution < -0.4 is 11.3 Å². The highest BCUT2D eigenvalue weighted by Gasteiger charge is 2.15. The second kappa shape index (κ2) is 5.12. The van der Waals surface area contributed by atoms with Crippen LogP contribution in [0.1, 0.15) is 0 Å². The molecule has 0 atom stereocenters. The van der Waals surface area contributed by atoms with Gasteiger partial charge in [-0.2, -0.15) is 0 Å². The maximum absolute atomic E-state index is 12.5. The molecule has 0 aliphatic carbocycles. The number of non-ortho nitro benzene ring substituents is 1. The Labute approximate surface area is 127 Å². The van der Waals surface area contributed by atoms with Gasteiger partial charge in [0, 0.05) is 17.2 Å². The van der Waals surface area contributed by atoms with Crippen molar-refractivity contribution in [1.29, 1.82) is 0 Å². The summed E-state index contributed by atoms with van der Waals surface area (Å²) in [5.74, 6) is -0.895. The average molecular weight is 319 g/mol. The van der Waals surface area contributed by atoms with E-state index < -0.39 is 16.2 Å². The lowest BCUT2D eigenvalue weighted by atomic mass is 10.2. The second-order valence-corrected chi connectivity index (χ2v) is 4.86. The Balaban J connectivity index is 2.39. The summed E-state index contributed by atoms with van der Waals surface area (Å²) in [6.07, 6.45) is 0. The van der Waals surface area contributed by atoms with Crippen LogP contribution in [-0.4, -0.2) is 9.49 Å². The molecule has 1 aromatic heterocycles. The van der Waals surface area contributed by atoms with Crippen LogP contribution in [0.4, 0.5) is 5.69 Å². The van der Waals surface area contributed by atoms with Crippen LogP contribution in [0.15, 0.2) is 56.5 Å². The molecule has 3 aromatic rings. The second-order valence-electron chi connectivity index (χ2n) is 4.43. The van der Waals surface area contributed by atoms with Gasteiger partial charge in [0.05, 0.1) is 16.0 Å². The molecule has 0 spiro atoms. The molecule has 2 aromatic carbocycles. The third-order valence-electron chi connectivity index (χ3n) is 3.05. The van der Waals surface area contributed by atoms with Gasteiger partial charge in [-0.05, 0) is 24.3 Å². The molecule has 0 N–H and O–H groups in total. The van der Waals surface area contributed by atoms with Crippen LogP contribution in [0, 0.1) is 10.1 Å². The SMILES string of the molecule is O=c1oc2ccc([N+](=O)[O-])cc2c(=O)n1-c1cccc(Cl)c1. The maximum Gasteiger partial charge on any atom is 0.426 e. The van der Waals surface area contributed by atoms with Crippen molar-refractivity contribution in [2.75, 3.05) is 0 Å². The van der Waals surface area contributed by atoms with E-state index in [0.717, 1.165) is 16.7 Å². The lowest BCUT2D eigenvalue weighted by molar-refractivity contribution is -0.384. The van der Waals surface area contributed by atoms with Gasteiger partial charge in [-0.15, -0.1) is 0 Å². The van der Waals surface area contributed by atoms with Crippen molar-refractivity contribution in [3.63, 3.8) is 0 Å². The number of hydrogen-bond acceptors (Lipinski definition) is 5. The van der Waals surface area contributed by atoms with Gasteiger partial charge in [0.15, 0.2) is 0 Å². The highest BCUT2D eigenvalue weighted by Crippen LogP contribution is 2.18. The maximum atomic E-state index is 12.5. The molecule has 3 rings (SSSR count).